The van der Waals surface area contributed by atoms with Crippen LogP contribution in [0.2, 0.25) is 0 Å². The average molecular weight is 398 g/mol. The van der Waals surface area contributed by atoms with Crippen molar-refractivity contribution in [3.8, 4) is 0 Å². The Morgan fingerprint density at radius 2 is 1.43 bits per heavy atom. The molecule has 0 saturated heterocycles. The largest absolute Gasteiger partial charge is 0.480 e. The minimum atomic E-state index is -1.00. The molecule has 28 heavy (non-hydrogen) atoms. The first kappa shape index (κ1) is 24.0. The molecule has 0 aliphatic carbocycles. The molecular weight excluding hydrogens is 368 g/mol. The molecule has 0 aromatic heterocycles. The monoisotopic (exact) mass is 398 g/mol. The van der Waals surface area contributed by atoms with E-state index in [1.54, 1.807) is 0 Å². The Morgan fingerprint density at radius 3 is 2.00 bits per heavy atom. The maximum atomic E-state index is 11.9. The Morgan fingerprint density at radius 1 is 0.893 bits per heavy atom. The Labute approximate surface area is 165 Å². The van der Waals surface area contributed by atoms with Gasteiger partial charge in [-0.2, -0.15) is 0 Å². The van der Waals surface area contributed by atoms with E-state index in [2.05, 4.69) is 5.32 Å². The van der Waals surface area contributed by atoms with Gasteiger partial charge in [-0.05, 0) is 12.0 Å². The van der Waals surface area contributed by atoms with Gasteiger partial charge in [-0.25, -0.2) is 4.79 Å². The number of carboxylic acids is 1. The number of benzene rings is 1. The fourth-order valence-electron chi connectivity index (χ4n) is 2.16. The quantitative estimate of drug-likeness (QED) is 0.308. The van der Waals surface area contributed by atoms with Crippen LogP contribution in [0.15, 0.2) is 30.3 Å². The fraction of sp³-hybridized carbons (Fsp3) is 0.579. The molecule has 9 heteroatoms. The number of nitrogens with two attached hydrogens (primary N) is 1. The zero-order valence-electron chi connectivity index (χ0n) is 16.0. The molecule has 0 unspecified atom stereocenters. The Bertz CT molecular complexity index is 542. The molecular formula is C19H30N2O7. The van der Waals surface area contributed by atoms with Crippen molar-refractivity contribution in [2.24, 2.45) is 5.73 Å². The van der Waals surface area contributed by atoms with E-state index in [0.29, 0.717) is 52.6 Å². The highest BCUT2D eigenvalue weighted by atomic mass is 16.6. The van der Waals surface area contributed by atoms with Gasteiger partial charge >= 0.3 is 5.97 Å². The number of carbonyl (C=O) groups excluding carboxylic acids is 1. The summed E-state index contributed by atoms with van der Waals surface area (Å²) >= 11 is 0. The first-order valence-corrected chi connectivity index (χ1v) is 9.19. The first-order chi connectivity index (χ1) is 13.6. The molecule has 1 rings (SSSR count). The topological polar surface area (TPSA) is 129 Å². The van der Waals surface area contributed by atoms with Crippen molar-refractivity contribution in [2.75, 3.05) is 59.4 Å². The number of hydrogen-bond acceptors (Lipinski definition) is 7. The minimum Gasteiger partial charge on any atom is -0.480 e. The summed E-state index contributed by atoms with van der Waals surface area (Å²) in [5.74, 6) is -1.20. The van der Waals surface area contributed by atoms with Crippen molar-refractivity contribution in [3.63, 3.8) is 0 Å². The second-order valence-electron chi connectivity index (χ2n) is 5.87. The van der Waals surface area contributed by atoms with E-state index in [9.17, 15) is 9.59 Å². The number of amides is 1. The predicted molar refractivity (Wildman–Crippen MR) is 102 cm³/mol. The highest BCUT2D eigenvalue weighted by molar-refractivity contribution is 5.81. The van der Waals surface area contributed by atoms with Crippen molar-refractivity contribution in [1.29, 1.82) is 0 Å². The summed E-state index contributed by atoms with van der Waals surface area (Å²) in [4.78, 5) is 22.1. The molecule has 0 aliphatic rings. The number of rotatable bonds is 17. The van der Waals surface area contributed by atoms with Gasteiger partial charge < -0.3 is 35.1 Å². The Kier molecular flexibility index (Phi) is 13.7. The molecule has 0 radical (unpaired) electrons. The van der Waals surface area contributed by atoms with Gasteiger partial charge in [-0.1, -0.05) is 30.3 Å². The summed E-state index contributed by atoms with van der Waals surface area (Å²) in [5.41, 5.74) is 6.91. The standard InChI is InChI=1S/C19H30N2O7/c20-17(14-16-4-2-1-3-5-16)19(24)21-6-7-25-8-9-26-10-11-27-12-13-28-15-18(22)23/h1-5,17H,6-15,20H2,(H,21,24)(H,22,23)/t17-/m0/s1. The Balaban J connectivity index is 1.86. The lowest BCUT2D eigenvalue weighted by Crippen LogP contribution is -2.43. The molecule has 0 bridgehead atoms. The molecule has 4 N–H and O–H groups in total. The lowest BCUT2D eigenvalue weighted by molar-refractivity contribution is -0.142. The summed E-state index contributed by atoms with van der Waals surface area (Å²) in [7, 11) is 0. The highest BCUT2D eigenvalue weighted by Gasteiger charge is 2.13. The van der Waals surface area contributed by atoms with Crippen molar-refractivity contribution in [3.05, 3.63) is 35.9 Å². The van der Waals surface area contributed by atoms with Gasteiger partial charge in [0.1, 0.15) is 6.61 Å². The molecule has 0 aliphatic heterocycles. The van der Waals surface area contributed by atoms with E-state index >= 15 is 0 Å². The van der Waals surface area contributed by atoms with E-state index in [1.165, 1.54) is 0 Å². The van der Waals surface area contributed by atoms with Crippen LogP contribution in [-0.2, 0) is 35.0 Å². The smallest absolute Gasteiger partial charge is 0.329 e. The maximum absolute atomic E-state index is 11.9. The molecule has 158 valence electrons. The number of nitrogens with one attached hydrogen (secondary N) is 1. The van der Waals surface area contributed by atoms with Crippen molar-refractivity contribution in [1.82, 2.24) is 5.32 Å². The molecule has 1 aromatic rings. The summed E-state index contributed by atoms with van der Waals surface area (Å²) in [6.45, 7) is 2.63. The van der Waals surface area contributed by atoms with Gasteiger partial charge in [0, 0.05) is 6.54 Å². The van der Waals surface area contributed by atoms with Crippen LogP contribution in [0.3, 0.4) is 0 Å². The maximum Gasteiger partial charge on any atom is 0.329 e. The molecule has 1 amide bonds. The zero-order chi connectivity index (χ0) is 20.5. The third kappa shape index (κ3) is 13.2. The van der Waals surface area contributed by atoms with Crippen LogP contribution in [0.25, 0.3) is 0 Å². The van der Waals surface area contributed by atoms with Gasteiger partial charge in [0.15, 0.2) is 0 Å². The van der Waals surface area contributed by atoms with Crippen LogP contribution in [0.5, 0.6) is 0 Å². The molecule has 1 atom stereocenters. The molecule has 0 spiro atoms. The zero-order valence-corrected chi connectivity index (χ0v) is 16.0. The number of ether oxygens (including phenoxy) is 4. The van der Waals surface area contributed by atoms with Crippen molar-refractivity contribution >= 4 is 11.9 Å². The second kappa shape index (κ2) is 16.0. The third-order valence-electron chi connectivity index (χ3n) is 3.52. The van der Waals surface area contributed by atoms with Crippen molar-refractivity contribution < 1.29 is 33.6 Å². The van der Waals surface area contributed by atoms with Crippen LogP contribution < -0.4 is 11.1 Å². The van der Waals surface area contributed by atoms with Crippen molar-refractivity contribution in [2.45, 2.75) is 12.5 Å². The van der Waals surface area contributed by atoms with Gasteiger partial charge in [0.2, 0.25) is 5.91 Å². The third-order valence-corrected chi connectivity index (χ3v) is 3.52. The average Bonchev–Trinajstić information content (AvgIpc) is 2.68. The van der Waals surface area contributed by atoms with Crippen LogP contribution in [0.1, 0.15) is 5.56 Å². The van der Waals surface area contributed by atoms with Crippen LogP contribution in [0, 0.1) is 0 Å². The predicted octanol–water partition coefficient (Wildman–Crippen LogP) is -0.176. The molecule has 0 heterocycles. The Hall–Kier alpha value is -2.04. The number of aliphatic carboxylic acids is 1. The number of hydrogen-bond donors (Lipinski definition) is 3. The summed E-state index contributed by atoms with van der Waals surface area (Å²) in [6.07, 6.45) is 0.495. The number of carboxylic acid groups (broad SMARTS) is 1. The van der Waals surface area contributed by atoms with Gasteiger partial charge in [-0.3, -0.25) is 4.79 Å². The summed E-state index contributed by atoms with van der Waals surface area (Å²) in [5, 5.41) is 11.1. The number of carbonyl (C=O) groups is 2. The van der Waals surface area contributed by atoms with Crippen LogP contribution >= 0.6 is 0 Å². The summed E-state index contributed by atoms with van der Waals surface area (Å²) in [6, 6.07) is 9.05. The lowest BCUT2D eigenvalue weighted by atomic mass is 10.1. The van der Waals surface area contributed by atoms with E-state index < -0.39 is 12.0 Å². The molecule has 1 aromatic carbocycles. The van der Waals surface area contributed by atoms with Gasteiger partial charge in [-0.15, -0.1) is 0 Å². The second-order valence-corrected chi connectivity index (χ2v) is 5.87. The first-order valence-electron chi connectivity index (χ1n) is 9.19. The molecule has 9 nitrogen and oxygen atoms in total. The van der Waals surface area contributed by atoms with Crippen LogP contribution in [0.4, 0.5) is 0 Å². The lowest BCUT2D eigenvalue weighted by Gasteiger charge is -2.12. The normalized spacial score (nSPS) is 11.9. The molecule has 0 fully saturated rings. The fourth-order valence-corrected chi connectivity index (χ4v) is 2.16. The summed E-state index contributed by atoms with van der Waals surface area (Å²) < 4.78 is 20.7. The molecule has 0 saturated carbocycles. The van der Waals surface area contributed by atoms with Gasteiger partial charge in [0.05, 0.1) is 52.3 Å². The van der Waals surface area contributed by atoms with E-state index in [1.807, 2.05) is 30.3 Å². The van der Waals surface area contributed by atoms with E-state index in [0.717, 1.165) is 5.56 Å². The SMILES string of the molecule is N[C@@H](Cc1ccccc1)C(=O)NCCOCCOCCOCCOCC(=O)O. The minimum absolute atomic E-state index is 0.201. The van der Waals surface area contributed by atoms with E-state index in [4.69, 9.17) is 29.8 Å². The van der Waals surface area contributed by atoms with Gasteiger partial charge in [0.25, 0.3) is 0 Å². The van der Waals surface area contributed by atoms with E-state index in [-0.39, 0.29) is 19.1 Å². The highest BCUT2D eigenvalue weighted by Crippen LogP contribution is 2.01. The van der Waals surface area contributed by atoms with Crippen LogP contribution in [-0.4, -0.2) is 82.4 Å².